The smallest absolute Gasteiger partial charge is 0.326 e. The Hall–Kier alpha value is -4.66. The highest BCUT2D eigenvalue weighted by atomic mass is 16.4. The molecule has 42 heavy (non-hydrogen) atoms. The van der Waals surface area contributed by atoms with Crippen LogP contribution in [-0.2, 0) is 30.4 Å². The molecule has 4 unspecified atom stereocenters. The number of aliphatic imine (C=N–C) groups is 1. The van der Waals surface area contributed by atoms with Gasteiger partial charge in [-0.1, -0.05) is 32.0 Å². The van der Waals surface area contributed by atoms with Gasteiger partial charge in [-0.15, -0.1) is 0 Å². The van der Waals surface area contributed by atoms with E-state index in [0.717, 1.165) is 10.9 Å². The van der Waals surface area contributed by atoms with E-state index in [4.69, 9.17) is 22.9 Å². The summed E-state index contributed by atoms with van der Waals surface area (Å²) in [6.45, 7) is 3.72. The molecule has 0 saturated carbocycles. The van der Waals surface area contributed by atoms with E-state index < -0.39 is 53.8 Å². The fourth-order valence-electron chi connectivity index (χ4n) is 4.25. The monoisotopic (exact) mass is 587 g/mol. The number of primary amides is 1. The lowest BCUT2D eigenvalue weighted by molar-refractivity contribution is -0.142. The maximum Gasteiger partial charge on any atom is 0.326 e. The third kappa shape index (κ3) is 10.4. The van der Waals surface area contributed by atoms with Crippen LogP contribution in [0.15, 0.2) is 35.5 Å². The van der Waals surface area contributed by atoms with Crippen molar-refractivity contribution in [1.29, 1.82) is 0 Å². The molecule has 0 saturated heterocycles. The van der Waals surface area contributed by atoms with E-state index in [0.29, 0.717) is 18.5 Å². The van der Waals surface area contributed by atoms with Crippen LogP contribution >= 0.6 is 0 Å². The Labute approximate surface area is 243 Å². The van der Waals surface area contributed by atoms with E-state index in [1.165, 1.54) is 0 Å². The van der Waals surface area contributed by atoms with Gasteiger partial charge in [0.25, 0.3) is 0 Å². The third-order valence-corrected chi connectivity index (χ3v) is 6.58. The molecule has 1 heterocycles. The Morgan fingerprint density at radius 3 is 2.21 bits per heavy atom. The number of benzene rings is 1. The Kier molecular flexibility index (Phi) is 12.7. The number of rotatable bonds is 17. The quantitative estimate of drug-likeness (QED) is 0.0594. The van der Waals surface area contributed by atoms with Gasteiger partial charge in [-0.25, -0.2) is 4.79 Å². The SMILES string of the molecule is CC(C)C(NC(=O)C(N)CCCN=C(N)N)C(=O)NC(Cc1c[nH]c2ccccc12)C(=O)NC(CCC(N)=O)C(=O)O. The maximum atomic E-state index is 13.4. The second-order valence-corrected chi connectivity index (χ2v) is 10.3. The molecule has 1 aromatic heterocycles. The fourth-order valence-corrected chi connectivity index (χ4v) is 4.25. The van der Waals surface area contributed by atoms with Crippen LogP contribution in [0.25, 0.3) is 10.9 Å². The van der Waals surface area contributed by atoms with Crippen molar-refractivity contribution >= 4 is 46.5 Å². The first-order chi connectivity index (χ1) is 19.8. The summed E-state index contributed by atoms with van der Waals surface area (Å²) in [6, 6.07) is 2.74. The number of para-hydroxylation sites is 1. The largest absolute Gasteiger partial charge is 0.480 e. The Morgan fingerprint density at radius 2 is 1.60 bits per heavy atom. The maximum absolute atomic E-state index is 13.4. The second-order valence-electron chi connectivity index (χ2n) is 10.3. The number of hydrogen-bond acceptors (Lipinski definition) is 7. The van der Waals surface area contributed by atoms with E-state index in [1.807, 2.05) is 24.3 Å². The number of guanidine groups is 1. The van der Waals surface area contributed by atoms with Crippen molar-refractivity contribution < 1.29 is 29.1 Å². The van der Waals surface area contributed by atoms with E-state index in [1.54, 1.807) is 20.0 Å². The van der Waals surface area contributed by atoms with E-state index in [-0.39, 0.29) is 37.6 Å². The second kappa shape index (κ2) is 16.0. The fraction of sp³-hybridized carbons (Fsp3) is 0.481. The number of fused-ring (bicyclic) bond motifs is 1. The zero-order chi connectivity index (χ0) is 31.4. The first-order valence-electron chi connectivity index (χ1n) is 13.6. The van der Waals surface area contributed by atoms with Crippen molar-refractivity contribution in [1.82, 2.24) is 20.9 Å². The standard InChI is InChI=1S/C27H41N9O6/c1-14(2)22(36-23(38)17(28)7-5-11-32-27(30)31)25(40)35-20(12-15-13-33-18-8-4-3-6-16(15)18)24(39)34-19(26(41)42)9-10-21(29)37/h3-4,6,8,13-14,17,19-20,22,33H,5,7,9-12,28H2,1-2H3,(H2,29,37)(H,34,39)(H,35,40)(H,36,38)(H,41,42)(H4,30,31,32). The van der Waals surface area contributed by atoms with Crippen LogP contribution in [0.3, 0.4) is 0 Å². The number of carboxylic acids is 1. The van der Waals surface area contributed by atoms with Gasteiger partial charge in [0.2, 0.25) is 23.6 Å². The minimum absolute atomic E-state index is 0.00676. The number of carbonyl (C=O) groups excluding carboxylic acids is 4. The normalized spacial score (nSPS) is 13.9. The summed E-state index contributed by atoms with van der Waals surface area (Å²) in [7, 11) is 0. The van der Waals surface area contributed by atoms with Gasteiger partial charge in [-0.3, -0.25) is 24.2 Å². The first kappa shape index (κ1) is 33.5. The summed E-state index contributed by atoms with van der Waals surface area (Å²) in [5, 5.41) is 18.1. The molecular weight excluding hydrogens is 546 g/mol. The van der Waals surface area contributed by atoms with Crippen LogP contribution in [0.4, 0.5) is 0 Å². The number of amides is 4. The summed E-state index contributed by atoms with van der Waals surface area (Å²) < 4.78 is 0. The number of H-pyrrole nitrogens is 1. The van der Waals surface area contributed by atoms with Crippen molar-refractivity contribution in [3.63, 3.8) is 0 Å². The van der Waals surface area contributed by atoms with Crippen LogP contribution in [0, 0.1) is 5.92 Å². The summed E-state index contributed by atoms with van der Waals surface area (Å²) >= 11 is 0. The average molecular weight is 588 g/mol. The minimum Gasteiger partial charge on any atom is -0.480 e. The lowest BCUT2D eigenvalue weighted by Gasteiger charge is -2.27. The van der Waals surface area contributed by atoms with Crippen LogP contribution in [0.5, 0.6) is 0 Å². The molecule has 1 aromatic carbocycles. The summed E-state index contributed by atoms with van der Waals surface area (Å²) in [5.41, 5.74) is 23.2. The molecule has 15 nitrogen and oxygen atoms in total. The van der Waals surface area contributed by atoms with Gasteiger partial charge >= 0.3 is 5.97 Å². The highest BCUT2D eigenvalue weighted by Gasteiger charge is 2.32. The molecule has 0 aliphatic heterocycles. The van der Waals surface area contributed by atoms with Crippen molar-refractivity contribution in [2.24, 2.45) is 33.8 Å². The van der Waals surface area contributed by atoms with Gasteiger partial charge < -0.3 is 49.0 Å². The van der Waals surface area contributed by atoms with E-state index in [9.17, 15) is 29.1 Å². The molecule has 0 aliphatic rings. The van der Waals surface area contributed by atoms with Crippen LogP contribution in [0.1, 0.15) is 45.1 Å². The predicted molar refractivity (Wildman–Crippen MR) is 157 cm³/mol. The average Bonchev–Trinajstić information content (AvgIpc) is 3.33. The number of aliphatic carboxylic acids is 1. The van der Waals surface area contributed by atoms with Gasteiger partial charge in [0.15, 0.2) is 5.96 Å². The predicted octanol–water partition coefficient (Wildman–Crippen LogP) is -1.45. The molecule has 0 bridgehead atoms. The third-order valence-electron chi connectivity index (χ3n) is 6.58. The highest BCUT2D eigenvalue weighted by Crippen LogP contribution is 2.19. The first-order valence-corrected chi connectivity index (χ1v) is 13.6. The van der Waals surface area contributed by atoms with Crippen molar-refractivity contribution in [2.45, 2.75) is 70.1 Å². The van der Waals surface area contributed by atoms with Crippen molar-refractivity contribution in [3.8, 4) is 0 Å². The molecular formula is C27H41N9O6. The summed E-state index contributed by atoms with van der Waals surface area (Å²) in [4.78, 5) is 69.5. The van der Waals surface area contributed by atoms with Gasteiger partial charge in [0, 0.05) is 36.5 Å². The number of nitrogens with one attached hydrogen (secondary N) is 4. The van der Waals surface area contributed by atoms with Gasteiger partial charge in [0.05, 0.1) is 6.04 Å². The number of nitrogens with zero attached hydrogens (tertiary/aromatic N) is 1. The van der Waals surface area contributed by atoms with Crippen molar-refractivity contribution in [3.05, 3.63) is 36.0 Å². The molecule has 4 amide bonds. The molecule has 4 atom stereocenters. The molecule has 0 fully saturated rings. The molecule has 0 aliphatic carbocycles. The topological polar surface area (TPSA) is 274 Å². The number of aromatic nitrogens is 1. The lowest BCUT2D eigenvalue weighted by Crippen LogP contribution is -2.58. The van der Waals surface area contributed by atoms with Crippen molar-refractivity contribution in [2.75, 3.05) is 6.54 Å². The summed E-state index contributed by atoms with van der Waals surface area (Å²) in [5.74, 6) is -4.54. The molecule has 2 rings (SSSR count). The zero-order valence-electron chi connectivity index (χ0n) is 23.8. The van der Waals surface area contributed by atoms with E-state index in [2.05, 4.69) is 25.9 Å². The number of aromatic amines is 1. The number of nitrogens with two attached hydrogens (primary N) is 4. The molecule has 13 N–H and O–H groups in total. The van der Waals surface area contributed by atoms with Crippen LogP contribution in [0.2, 0.25) is 0 Å². The Morgan fingerprint density at radius 1 is 0.929 bits per heavy atom. The number of carboxylic acid groups (broad SMARTS) is 1. The minimum atomic E-state index is -1.41. The Balaban J connectivity index is 2.23. The summed E-state index contributed by atoms with van der Waals surface area (Å²) in [6.07, 6.45) is 1.93. The van der Waals surface area contributed by atoms with E-state index >= 15 is 0 Å². The van der Waals surface area contributed by atoms with Crippen LogP contribution < -0.4 is 38.9 Å². The number of hydrogen-bond donors (Lipinski definition) is 9. The molecule has 0 radical (unpaired) electrons. The van der Waals surface area contributed by atoms with Gasteiger partial charge in [0.1, 0.15) is 18.1 Å². The molecule has 2 aromatic rings. The van der Waals surface area contributed by atoms with Gasteiger partial charge in [-0.2, -0.15) is 0 Å². The molecule has 230 valence electrons. The van der Waals surface area contributed by atoms with Gasteiger partial charge in [-0.05, 0) is 36.8 Å². The zero-order valence-corrected chi connectivity index (χ0v) is 23.8. The lowest BCUT2D eigenvalue weighted by atomic mass is 9.99. The number of carbonyl (C=O) groups is 5. The Bertz CT molecular complexity index is 1290. The molecule has 0 spiro atoms. The highest BCUT2D eigenvalue weighted by molar-refractivity contribution is 5.95. The van der Waals surface area contributed by atoms with Crippen LogP contribution in [-0.4, -0.2) is 76.4 Å². The molecule has 15 heteroatoms.